The van der Waals surface area contributed by atoms with E-state index in [-0.39, 0.29) is 22.7 Å². The van der Waals surface area contributed by atoms with Crippen LogP contribution < -0.4 is 16.8 Å². The largest absolute Gasteiger partial charge is 0.481 e. The molecule has 3 heterocycles. The van der Waals surface area contributed by atoms with Crippen LogP contribution in [0.25, 0.3) is 0 Å². The molecule has 1 fully saturated rings. The van der Waals surface area contributed by atoms with Gasteiger partial charge in [0.15, 0.2) is 5.50 Å². The topological polar surface area (TPSA) is 192 Å². The molecule has 1 aromatic rings. The number of nitrogens with two attached hydrogens (primary N) is 2. The van der Waals surface area contributed by atoms with Crippen LogP contribution in [0.4, 0.5) is 0 Å². The van der Waals surface area contributed by atoms with Gasteiger partial charge in [0, 0.05) is 33.9 Å². The molecule has 0 aromatic heterocycles. The number of halogens is 2. The Hall–Kier alpha value is -2.63. The summed E-state index contributed by atoms with van der Waals surface area (Å²) >= 11 is 17.5. The highest BCUT2D eigenvalue weighted by Crippen LogP contribution is 2.41. The number of amides is 2. The lowest BCUT2D eigenvalue weighted by molar-refractivity contribution is -0.150. The number of aliphatic imine (C=N–C) groups is 1. The molecule has 4 rings (SSSR count). The van der Waals surface area contributed by atoms with Gasteiger partial charge in [-0.1, -0.05) is 35.4 Å². The highest BCUT2D eigenvalue weighted by molar-refractivity contribution is 8.01. The Bertz CT molecular complexity index is 1490. The minimum Gasteiger partial charge on any atom is -0.481 e. The molecule has 18 heteroatoms. The minimum absolute atomic E-state index is 0.0697. The molecule has 12 nitrogen and oxygen atoms in total. The maximum atomic E-state index is 13.0. The molecule has 1 unspecified atom stereocenters. The Morgan fingerprint density at radius 1 is 1.16 bits per heavy atom. The van der Waals surface area contributed by atoms with Crippen molar-refractivity contribution in [2.45, 2.75) is 33.6 Å². The van der Waals surface area contributed by atoms with E-state index in [2.05, 4.69) is 10.3 Å². The number of nitrogens with one attached hydrogen (secondary N) is 1. The third-order valence-corrected chi connectivity index (χ3v) is 11.7. The van der Waals surface area contributed by atoms with Gasteiger partial charge in [-0.25, -0.2) is 9.79 Å². The molecule has 3 atom stereocenters. The first-order valence-electron chi connectivity index (χ1n) is 12.9. The van der Waals surface area contributed by atoms with Crippen molar-refractivity contribution in [1.29, 1.82) is 0 Å². The number of hydrogen-bond donors (Lipinski definition) is 5. The van der Waals surface area contributed by atoms with E-state index in [4.69, 9.17) is 39.8 Å². The molecule has 1 aromatic carbocycles. The fourth-order valence-corrected chi connectivity index (χ4v) is 8.97. The molecular weight excluding hydrogens is 691 g/mol. The Kier molecular flexibility index (Phi) is 11.8. The van der Waals surface area contributed by atoms with Gasteiger partial charge in [-0.15, -0.1) is 47.0 Å². The van der Waals surface area contributed by atoms with Gasteiger partial charge in [-0.05, 0) is 24.6 Å². The van der Waals surface area contributed by atoms with E-state index in [0.717, 1.165) is 23.5 Å². The number of carbonyl (C=O) groups is 4. The summed E-state index contributed by atoms with van der Waals surface area (Å²) in [5.41, 5.74) is 12.0. The zero-order chi connectivity index (χ0) is 32.1. The first kappa shape index (κ1) is 34.2. The first-order chi connectivity index (χ1) is 20.9. The van der Waals surface area contributed by atoms with Gasteiger partial charge in [0.05, 0.1) is 21.6 Å². The number of thioether (sulfide) groups is 4. The number of carboxylic acid groups (broad SMARTS) is 2. The van der Waals surface area contributed by atoms with Gasteiger partial charge < -0.3 is 31.9 Å². The predicted molar refractivity (Wildman–Crippen MR) is 177 cm³/mol. The molecule has 7 N–H and O–H groups in total. The lowest BCUT2D eigenvalue weighted by atomic mass is 10.0. The van der Waals surface area contributed by atoms with Crippen LogP contribution in [0.3, 0.4) is 0 Å². The second-order valence-corrected chi connectivity index (χ2v) is 14.3. The molecule has 0 bridgehead atoms. The zero-order valence-electron chi connectivity index (χ0n) is 23.1. The van der Waals surface area contributed by atoms with Crippen LogP contribution in [-0.2, 0) is 19.2 Å². The van der Waals surface area contributed by atoms with Crippen molar-refractivity contribution >= 4 is 99.8 Å². The molecular formula is C26H28Cl2N6O6S4. The van der Waals surface area contributed by atoms with E-state index in [9.17, 15) is 24.3 Å². The second kappa shape index (κ2) is 15.1. The number of benzene rings is 1. The van der Waals surface area contributed by atoms with Crippen molar-refractivity contribution in [2.24, 2.45) is 16.5 Å². The van der Waals surface area contributed by atoms with E-state index < -0.39 is 35.2 Å². The van der Waals surface area contributed by atoms with Crippen molar-refractivity contribution in [2.75, 3.05) is 29.6 Å². The Balaban J connectivity index is 1.33. The van der Waals surface area contributed by atoms with Crippen LogP contribution in [0, 0.1) is 0 Å². The summed E-state index contributed by atoms with van der Waals surface area (Å²) in [5, 5.41) is 21.6. The van der Waals surface area contributed by atoms with Gasteiger partial charge in [0.25, 0.3) is 5.91 Å². The molecule has 0 aliphatic carbocycles. The van der Waals surface area contributed by atoms with Crippen LogP contribution in [0.15, 0.2) is 62.2 Å². The number of hydrogen-bond acceptors (Lipinski definition) is 12. The van der Waals surface area contributed by atoms with Crippen LogP contribution in [-0.4, -0.2) is 96.1 Å². The lowest BCUT2D eigenvalue weighted by Crippen LogP contribution is -2.70. The highest BCUT2D eigenvalue weighted by Gasteiger charge is 2.53. The van der Waals surface area contributed by atoms with Gasteiger partial charge in [-0.2, -0.15) is 0 Å². The fourth-order valence-electron chi connectivity index (χ4n) is 4.39. The lowest BCUT2D eigenvalue weighted by Gasteiger charge is -2.49. The van der Waals surface area contributed by atoms with Gasteiger partial charge in [0.2, 0.25) is 5.91 Å². The second-order valence-electron chi connectivity index (χ2n) is 9.29. The number of aliphatic carboxylic acids is 2. The number of carbonyl (C=O) groups excluding carboxylic acids is 2. The SMILES string of the molecule is CCN1C(N)=CC(N)=NC1SC/C=C/C1=C(C(=O)O)N2C(=O)[C@@H](NC(=O)CSc3cc(Cl)c(SCC(=O)O)cc3Cl)[C@H]2SC1. The number of carboxylic acids is 2. The van der Waals surface area contributed by atoms with Crippen molar-refractivity contribution < 1.29 is 29.4 Å². The van der Waals surface area contributed by atoms with E-state index in [1.54, 1.807) is 24.3 Å². The van der Waals surface area contributed by atoms with Crippen molar-refractivity contribution in [3.8, 4) is 0 Å². The molecule has 3 aliphatic heterocycles. The molecule has 3 aliphatic rings. The van der Waals surface area contributed by atoms with E-state index in [0.29, 0.717) is 55.1 Å². The number of amidine groups is 1. The van der Waals surface area contributed by atoms with Crippen LogP contribution in [0.5, 0.6) is 0 Å². The molecule has 0 radical (unpaired) electrons. The fraction of sp³-hybridized carbons (Fsp3) is 0.346. The average molecular weight is 720 g/mol. The number of nitrogens with zero attached hydrogens (tertiary/aromatic N) is 3. The zero-order valence-corrected chi connectivity index (χ0v) is 27.8. The Labute approximate surface area is 280 Å². The standard InChI is InChI=1S/C26H28Cl2N6O6S4/c1-2-33-18(30)8-17(29)31-26(33)41-5-3-4-12-9-44-24-21(23(38)34(24)22(12)25(39)40)32-19(35)10-42-15-6-14(28)16(7-13(15)27)43-11-20(36)37/h3-4,6-8,21,24,26H,2,5,9-11,30H2,1H3,(H2,29,31)(H,32,35)(H,36,37)(H,39,40)/b4-3+/t21-,24-,26?/m1/s1. The van der Waals surface area contributed by atoms with E-state index in [1.807, 2.05) is 17.9 Å². The van der Waals surface area contributed by atoms with Crippen LogP contribution in [0.1, 0.15) is 6.92 Å². The normalized spacial score (nSPS) is 21.5. The predicted octanol–water partition coefficient (Wildman–Crippen LogP) is 3.07. The monoisotopic (exact) mass is 718 g/mol. The van der Waals surface area contributed by atoms with Crippen molar-refractivity contribution in [3.63, 3.8) is 0 Å². The molecule has 44 heavy (non-hydrogen) atoms. The number of β-lactam (4-membered cyclic amide) rings is 1. The first-order valence-corrected chi connectivity index (χ1v) is 17.8. The quantitative estimate of drug-likeness (QED) is 0.148. The number of rotatable bonds is 13. The molecule has 0 saturated carbocycles. The van der Waals surface area contributed by atoms with Crippen LogP contribution in [0.2, 0.25) is 10.0 Å². The summed E-state index contributed by atoms with van der Waals surface area (Å²) in [5.74, 6) is -1.70. The number of fused-ring (bicyclic) bond motifs is 1. The van der Waals surface area contributed by atoms with Gasteiger partial charge in [-0.3, -0.25) is 19.3 Å². The summed E-state index contributed by atoms with van der Waals surface area (Å²) < 4.78 is 0. The molecule has 1 saturated heterocycles. The third kappa shape index (κ3) is 7.95. The maximum absolute atomic E-state index is 13.0. The summed E-state index contributed by atoms with van der Waals surface area (Å²) in [4.78, 5) is 57.3. The average Bonchev–Trinajstić information content (AvgIpc) is 2.96. The summed E-state index contributed by atoms with van der Waals surface area (Å²) in [6, 6.07) is 2.23. The van der Waals surface area contributed by atoms with Gasteiger partial charge >= 0.3 is 11.9 Å². The van der Waals surface area contributed by atoms with Crippen molar-refractivity contribution in [1.82, 2.24) is 15.1 Å². The highest BCUT2D eigenvalue weighted by atomic mass is 35.5. The van der Waals surface area contributed by atoms with E-state index >= 15 is 0 Å². The Morgan fingerprint density at radius 3 is 2.43 bits per heavy atom. The summed E-state index contributed by atoms with van der Waals surface area (Å²) in [7, 11) is 0. The third-order valence-electron chi connectivity index (χ3n) is 6.37. The molecule has 2 amide bonds. The van der Waals surface area contributed by atoms with Gasteiger partial charge in [0.1, 0.15) is 28.8 Å². The maximum Gasteiger partial charge on any atom is 0.352 e. The summed E-state index contributed by atoms with van der Waals surface area (Å²) in [6.45, 7) is 2.60. The number of allylic oxidation sites excluding steroid dienone is 1. The minimum atomic E-state index is -1.23. The van der Waals surface area contributed by atoms with Crippen molar-refractivity contribution in [3.05, 3.63) is 57.5 Å². The molecule has 236 valence electrons. The van der Waals surface area contributed by atoms with Crippen LogP contribution >= 0.6 is 70.2 Å². The Morgan fingerprint density at radius 2 is 1.82 bits per heavy atom. The smallest absolute Gasteiger partial charge is 0.352 e. The summed E-state index contributed by atoms with van der Waals surface area (Å²) in [6.07, 6.45) is 5.11. The van der Waals surface area contributed by atoms with E-state index in [1.165, 1.54) is 28.4 Å². The molecule has 0 spiro atoms.